The fraction of sp³-hybridized carbons (Fsp3) is 0.429. The summed E-state index contributed by atoms with van der Waals surface area (Å²) in [4.78, 5) is 0. The van der Waals surface area contributed by atoms with Crippen molar-refractivity contribution in [3.63, 3.8) is 0 Å². The van der Waals surface area contributed by atoms with Crippen molar-refractivity contribution in [3.05, 3.63) is 24.0 Å². The SMILES string of the molecule is CC#CC#CC=C1C=CC2(CCC(OC)O2)O1. The highest BCUT2D eigenvalue weighted by molar-refractivity contribution is 5.35. The van der Waals surface area contributed by atoms with Crippen molar-refractivity contribution in [2.45, 2.75) is 31.8 Å². The Balaban J connectivity index is 1.99. The maximum Gasteiger partial charge on any atom is 0.233 e. The zero-order valence-corrected chi connectivity index (χ0v) is 9.95. The van der Waals surface area contributed by atoms with Gasteiger partial charge in [0.15, 0.2) is 6.29 Å². The lowest BCUT2D eigenvalue weighted by molar-refractivity contribution is -0.218. The van der Waals surface area contributed by atoms with E-state index in [9.17, 15) is 0 Å². The Hall–Kier alpha value is -1.68. The van der Waals surface area contributed by atoms with Crippen LogP contribution in [0.2, 0.25) is 0 Å². The molecule has 0 aromatic heterocycles. The van der Waals surface area contributed by atoms with E-state index in [-0.39, 0.29) is 6.29 Å². The van der Waals surface area contributed by atoms with E-state index in [1.54, 1.807) is 20.1 Å². The average Bonchev–Trinajstić information content (AvgIpc) is 2.93. The predicted molar refractivity (Wildman–Crippen MR) is 63.4 cm³/mol. The highest BCUT2D eigenvalue weighted by Crippen LogP contribution is 2.38. The fourth-order valence-electron chi connectivity index (χ4n) is 1.78. The minimum absolute atomic E-state index is 0.184. The predicted octanol–water partition coefficient (Wildman–Crippen LogP) is 1.96. The van der Waals surface area contributed by atoms with Crippen LogP contribution in [0.25, 0.3) is 0 Å². The molecule has 2 aliphatic rings. The summed E-state index contributed by atoms with van der Waals surface area (Å²) in [7, 11) is 1.63. The van der Waals surface area contributed by atoms with Crippen LogP contribution >= 0.6 is 0 Å². The molecular formula is C14H14O3. The monoisotopic (exact) mass is 230 g/mol. The summed E-state index contributed by atoms with van der Waals surface area (Å²) in [6.07, 6.45) is 6.91. The fourth-order valence-corrected chi connectivity index (χ4v) is 1.78. The van der Waals surface area contributed by atoms with Crippen LogP contribution in [0, 0.1) is 23.7 Å². The summed E-state index contributed by atoms with van der Waals surface area (Å²) in [6.45, 7) is 1.75. The second-order valence-corrected chi connectivity index (χ2v) is 3.76. The Morgan fingerprint density at radius 1 is 1.53 bits per heavy atom. The minimum atomic E-state index is -0.648. The number of hydrogen-bond acceptors (Lipinski definition) is 3. The molecule has 2 unspecified atom stereocenters. The molecule has 88 valence electrons. The first-order chi connectivity index (χ1) is 8.28. The van der Waals surface area contributed by atoms with E-state index in [2.05, 4.69) is 23.7 Å². The molecule has 0 aromatic carbocycles. The summed E-state index contributed by atoms with van der Waals surface area (Å²) in [5.41, 5.74) is 0. The molecule has 17 heavy (non-hydrogen) atoms. The molecule has 0 aromatic rings. The molecule has 0 radical (unpaired) electrons. The van der Waals surface area contributed by atoms with Gasteiger partial charge in [0.25, 0.3) is 0 Å². The molecule has 0 aliphatic carbocycles. The standard InChI is InChI=1S/C14H14O3/c1-3-4-5-6-7-12-8-10-14(16-12)11-9-13(15-2)17-14/h7-8,10,13H,9,11H2,1-2H3. The summed E-state index contributed by atoms with van der Waals surface area (Å²) >= 11 is 0. The Bertz CT molecular complexity index is 467. The average molecular weight is 230 g/mol. The molecular weight excluding hydrogens is 216 g/mol. The summed E-state index contributed by atoms with van der Waals surface area (Å²) in [5.74, 6) is 10.9. The van der Waals surface area contributed by atoms with E-state index in [4.69, 9.17) is 14.2 Å². The molecule has 0 amide bonds. The molecule has 1 spiro atoms. The molecule has 3 heteroatoms. The van der Waals surface area contributed by atoms with Crippen molar-refractivity contribution in [2.24, 2.45) is 0 Å². The van der Waals surface area contributed by atoms with Crippen molar-refractivity contribution in [1.82, 2.24) is 0 Å². The number of hydrogen-bond donors (Lipinski definition) is 0. The number of methoxy groups -OCH3 is 1. The van der Waals surface area contributed by atoms with Crippen LogP contribution < -0.4 is 0 Å². The normalized spacial score (nSPS) is 31.9. The Labute approximate surface area is 101 Å². The van der Waals surface area contributed by atoms with E-state index in [0.717, 1.165) is 12.8 Å². The van der Waals surface area contributed by atoms with E-state index in [0.29, 0.717) is 5.76 Å². The second kappa shape index (κ2) is 5.10. The first kappa shape index (κ1) is 11.8. The molecule has 0 N–H and O–H groups in total. The van der Waals surface area contributed by atoms with Gasteiger partial charge in [0.1, 0.15) is 5.76 Å². The van der Waals surface area contributed by atoms with Gasteiger partial charge in [0.2, 0.25) is 5.79 Å². The molecule has 2 aliphatic heterocycles. The Kier molecular flexibility index (Phi) is 3.54. The molecule has 3 nitrogen and oxygen atoms in total. The molecule has 2 heterocycles. The summed E-state index contributed by atoms with van der Waals surface area (Å²) in [6, 6.07) is 0. The zero-order chi connectivity index (χ0) is 12.1. The second-order valence-electron chi connectivity index (χ2n) is 3.76. The van der Waals surface area contributed by atoms with Crippen LogP contribution in [0.4, 0.5) is 0 Å². The van der Waals surface area contributed by atoms with Gasteiger partial charge in [-0.05, 0) is 30.9 Å². The topological polar surface area (TPSA) is 27.7 Å². The Morgan fingerprint density at radius 2 is 2.41 bits per heavy atom. The third-order valence-corrected chi connectivity index (χ3v) is 2.59. The van der Waals surface area contributed by atoms with Gasteiger partial charge in [0.05, 0.1) is 0 Å². The van der Waals surface area contributed by atoms with Crippen LogP contribution in [-0.4, -0.2) is 19.2 Å². The van der Waals surface area contributed by atoms with Crippen LogP contribution in [-0.2, 0) is 14.2 Å². The molecule has 1 saturated heterocycles. The molecule has 1 fully saturated rings. The van der Waals surface area contributed by atoms with Crippen molar-refractivity contribution >= 4 is 0 Å². The van der Waals surface area contributed by atoms with Gasteiger partial charge in [-0.1, -0.05) is 11.8 Å². The molecule has 2 rings (SSSR count). The number of rotatable bonds is 1. The van der Waals surface area contributed by atoms with E-state index >= 15 is 0 Å². The quantitative estimate of drug-likeness (QED) is 0.644. The van der Waals surface area contributed by atoms with Gasteiger partial charge in [0, 0.05) is 26.0 Å². The van der Waals surface area contributed by atoms with Crippen LogP contribution in [0.5, 0.6) is 0 Å². The van der Waals surface area contributed by atoms with Crippen LogP contribution in [0.1, 0.15) is 19.8 Å². The molecule has 0 saturated carbocycles. The molecule has 2 atom stereocenters. The summed E-state index contributed by atoms with van der Waals surface area (Å²) in [5, 5.41) is 0. The first-order valence-corrected chi connectivity index (χ1v) is 5.49. The first-order valence-electron chi connectivity index (χ1n) is 5.49. The van der Waals surface area contributed by atoms with E-state index in [1.165, 1.54) is 0 Å². The lowest BCUT2D eigenvalue weighted by Crippen LogP contribution is -2.27. The lowest BCUT2D eigenvalue weighted by atomic mass is 10.2. The highest BCUT2D eigenvalue weighted by Gasteiger charge is 2.43. The maximum atomic E-state index is 5.72. The van der Waals surface area contributed by atoms with Crippen molar-refractivity contribution in [1.29, 1.82) is 0 Å². The van der Waals surface area contributed by atoms with Gasteiger partial charge in [-0.15, -0.1) is 0 Å². The summed E-state index contributed by atoms with van der Waals surface area (Å²) < 4.78 is 16.5. The van der Waals surface area contributed by atoms with Gasteiger partial charge < -0.3 is 14.2 Å². The van der Waals surface area contributed by atoms with E-state index < -0.39 is 5.79 Å². The molecule has 0 bridgehead atoms. The number of allylic oxidation sites excluding steroid dienone is 2. The van der Waals surface area contributed by atoms with Gasteiger partial charge in [-0.2, -0.15) is 0 Å². The van der Waals surface area contributed by atoms with Crippen molar-refractivity contribution in [3.8, 4) is 23.7 Å². The number of ether oxygens (including phenoxy) is 3. The van der Waals surface area contributed by atoms with Crippen molar-refractivity contribution in [2.75, 3.05) is 7.11 Å². The van der Waals surface area contributed by atoms with Gasteiger partial charge in [-0.3, -0.25) is 0 Å². The largest absolute Gasteiger partial charge is 0.458 e. The van der Waals surface area contributed by atoms with Gasteiger partial charge >= 0.3 is 0 Å². The van der Waals surface area contributed by atoms with Crippen molar-refractivity contribution < 1.29 is 14.2 Å². The zero-order valence-electron chi connectivity index (χ0n) is 9.95. The third kappa shape index (κ3) is 2.71. The minimum Gasteiger partial charge on any atom is -0.458 e. The smallest absolute Gasteiger partial charge is 0.233 e. The maximum absolute atomic E-state index is 5.72. The van der Waals surface area contributed by atoms with Gasteiger partial charge in [-0.25, -0.2) is 0 Å². The van der Waals surface area contributed by atoms with E-state index in [1.807, 2.05) is 12.2 Å². The lowest BCUT2D eigenvalue weighted by Gasteiger charge is -2.22. The van der Waals surface area contributed by atoms with Crippen LogP contribution in [0.15, 0.2) is 24.0 Å². The van der Waals surface area contributed by atoms with Crippen LogP contribution in [0.3, 0.4) is 0 Å². The third-order valence-electron chi connectivity index (χ3n) is 2.59. The Morgan fingerprint density at radius 3 is 3.12 bits per heavy atom. The highest BCUT2D eigenvalue weighted by atomic mass is 16.8.